The molecule has 0 saturated carbocycles. The lowest BCUT2D eigenvalue weighted by Gasteiger charge is -2.25. The van der Waals surface area contributed by atoms with Gasteiger partial charge in [-0.05, 0) is 37.4 Å². The molecule has 218 valence electrons. The smallest absolute Gasteiger partial charge is 0.326 e. The molecule has 3 heterocycles. The molecule has 41 heavy (non-hydrogen) atoms. The maximum absolute atomic E-state index is 13.6. The van der Waals surface area contributed by atoms with E-state index in [0.717, 1.165) is 17.3 Å². The predicted molar refractivity (Wildman–Crippen MR) is 146 cm³/mol. The average molecular weight is 568 g/mol. The number of rotatable bonds is 14. The Labute approximate surface area is 234 Å². The summed E-state index contributed by atoms with van der Waals surface area (Å²) in [4.78, 5) is 72.6. The van der Waals surface area contributed by atoms with Gasteiger partial charge in [-0.15, -0.1) is 0 Å². The minimum absolute atomic E-state index is 0.00175. The Balaban J connectivity index is 1.57. The van der Waals surface area contributed by atoms with E-state index in [1.807, 2.05) is 24.3 Å². The van der Waals surface area contributed by atoms with Gasteiger partial charge in [0, 0.05) is 48.3 Å². The molecule has 1 fully saturated rings. The second-order valence-corrected chi connectivity index (χ2v) is 9.95. The van der Waals surface area contributed by atoms with Crippen LogP contribution in [0.5, 0.6) is 0 Å². The van der Waals surface area contributed by atoms with Crippen molar-refractivity contribution in [2.75, 3.05) is 6.54 Å². The standard InChI is InChI=1S/C27H33N7O7/c35-23(36)8-7-20(27(40)41)32-25(38)21(10-15-12-30-18-5-2-1-4-17(15)18)33-26(39)22(11-16-13-28-14-31-16)34-24(37)19-6-3-9-29-19/h1-2,4-5,12-14,19-22,29-30H,3,6-11H2,(H,28,31)(H,32,38)(H,33,39)(H,34,37)(H,35,36)(H,40,41). The number of aliphatic carboxylic acids is 2. The molecule has 0 radical (unpaired) electrons. The number of nitrogens with zero attached hydrogens (tertiary/aromatic N) is 1. The summed E-state index contributed by atoms with van der Waals surface area (Å²) in [6.45, 7) is 0.689. The Kier molecular flexibility index (Phi) is 9.68. The zero-order chi connectivity index (χ0) is 29.4. The summed E-state index contributed by atoms with van der Waals surface area (Å²) < 4.78 is 0. The van der Waals surface area contributed by atoms with Gasteiger partial charge in [0.1, 0.15) is 18.1 Å². The first-order valence-corrected chi connectivity index (χ1v) is 13.3. The molecule has 3 aromatic rings. The number of fused-ring (bicyclic) bond motifs is 1. The molecule has 14 nitrogen and oxygen atoms in total. The molecule has 4 atom stereocenters. The minimum Gasteiger partial charge on any atom is -0.481 e. The quantitative estimate of drug-likeness (QED) is 0.129. The summed E-state index contributed by atoms with van der Waals surface area (Å²) in [5.74, 6) is -4.40. The third kappa shape index (κ3) is 7.91. The van der Waals surface area contributed by atoms with Crippen molar-refractivity contribution in [3.63, 3.8) is 0 Å². The van der Waals surface area contributed by atoms with Crippen LogP contribution in [0.25, 0.3) is 10.9 Å². The highest BCUT2D eigenvalue weighted by Gasteiger charge is 2.32. The van der Waals surface area contributed by atoms with Crippen molar-refractivity contribution in [1.82, 2.24) is 36.2 Å². The maximum Gasteiger partial charge on any atom is 0.326 e. The van der Waals surface area contributed by atoms with Gasteiger partial charge in [-0.1, -0.05) is 18.2 Å². The molecule has 3 amide bonds. The third-order valence-electron chi connectivity index (χ3n) is 6.98. The van der Waals surface area contributed by atoms with Gasteiger partial charge in [0.2, 0.25) is 17.7 Å². The van der Waals surface area contributed by atoms with E-state index in [-0.39, 0.29) is 25.2 Å². The number of H-pyrrole nitrogens is 2. The van der Waals surface area contributed by atoms with Crippen LogP contribution in [0.2, 0.25) is 0 Å². The van der Waals surface area contributed by atoms with E-state index in [2.05, 4.69) is 36.2 Å². The van der Waals surface area contributed by atoms with Gasteiger partial charge in [0.05, 0.1) is 12.4 Å². The van der Waals surface area contributed by atoms with Crippen LogP contribution in [0.1, 0.15) is 36.9 Å². The van der Waals surface area contributed by atoms with Crippen LogP contribution in [-0.2, 0) is 36.8 Å². The van der Waals surface area contributed by atoms with Crippen LogP contribution >= 0.6 is 0 Å². The number of carboxylic acid groups (broad SMARTS) is 2. The molecule has 4 unspecified atom stereocenters. The first-order chi connectivity index (χ1) is 19.7. The SMILES string of the molecule is O=C(O)CCC(NC(=O)C(Cc1c[nH]c2ccccc12)NC(=O)C(Cc1cnc[nH]1)NC(=O)C1CCCN1)C(=O)O. The number of carbonyl (C=O) groups is 5. The second kappa shape index (κ2) is 13.6. The fourth-order valence-electron chi connectivity index (χ4n) is 4.81. The second-order valence-electron chi connectivity index (χ2n) is 9.95. The zero-order valence-corrected chi connectivity index (χ0v) is 22.2. The summed E-state index contributed by atoms with van der Waals surface area (Å²) in [5, 5.41) is 30.3. The number of imidazole rings is 1. The zero-order valence-electron chi connectivity index (χ0n) is 22.2. The molecule has 1 aromatic carbocycles. The summed E-state index contributed by atoms with van der Waals surface area (Å²) in [7, 11) is 0. The Bertz CT molecular complexity index is 1380. The largest absolute Gasteiger partial charge is 0.481 e. The summed E-state index contributed by atoms with van der Waals surface area (Å²) in [5.41, 5.74) is 2.09. The number of aromatic amines is 2. The molecule has 1 aliphatic heterocycles. The van der Waals surface area contributed by atoms with Gasteiger partial charge in [0.15, 0.2) is 0 Å². The van der Waals surface area contributed by atoms with Crippen molar-refractivity contribution in [3.8, 4) is 0 Å². The highest BCUT2D eigenvalue weighted by molar-refractivity contribution is 5.95. The lowest BCUT2D eigenvalue weighted by molar-refractivity contribution is -0.143. The third-order valence-corrected chi connectivity index (χ3v) is 6.98. The number of para-hydroxylation sites is 1. The monoisotopic (exact) mass is 567 g/mol. The van der Waals surface area contributed by atoms with E-state index in [1.165, 1.54) is 12.5 Å². The average Bonchev–Trinajstić information content (AvgIpc) is 3.73. The van der Waals surface area contributed by atoms with E-state index in [9.17, 15) is 29.1 Å². The van der Waals surface area contributed by atoms with E-state index in [4.69, 9.17) is 5.11 Å². The summed E-state index contributed by atoms with van der Waals surface area (Å²) >= 11 is 0. The van der Waals surface area contributed by atoms with Crippen LogP contribution in [0, 0.1) is 0 Å². The van der Waals surface area contributed by atoms with Gasteiger partial charge in [0.25, 0.3) is 0 Å². The van der Waals surface area contributed by atoms with E-state index >= 15 is 0 Å². The Hall–Kier alpha value is -4.72. The first-order valence-electron chi connectivity index (χ1n) is 13.3. The molecule has 0 bridgehead atoms. The lowest BCUT2D eigenvalue weighted by Crippen LogP contribution is -2.58. The number of carbonyl (C=O) groups excluding carboxylic acids is 3. The van der Waals surface area contributed by atoms with E-state index in [0.29, 0.717) is 24.2 Å². The summed E-state index contributed by atoms with van der Waals surface area (Å²) in [6.07, 6.45) is 5.39. The highest BCUT2D eigenvalue weighted by Crippen LogP contribution is 2.19. The molecule has 0 aliphatic carbocycles. The number of nitrogens with one attached hydrogen (secondary N) is 6. The fourth-order valence-corrected chi connectivity index (χ4v) is 4.81. The molecular formula is C27H33N7O7. The molecule has 1 aliphatic rings. The van der Waals surface area contributed by atoms with E-state index < -0.39 is 54.3 Å². The highest BCUT2D eigenvalue weighted by atomic mass is 16.4. The molecular weight excluding hydrogens is 534 g/mol. The van der Waals surface area contributed by atoms with E-state index in [1.54, 1.807) is 6.20 Å². The molecule has 4 rings (SSSR count). The number of aromatic nitrogens is 3. The number of amides is 3. The Morgan fingerprint density at radius 3 is 2.34 bits per heavy atom. The van der Waals surface area contributed by atoms with Crippen molar-refractivity contribution in [2.24, 2.45) is 0 Å². The topological polar surface area (TPSA) is 218 Å². The van der Waals surface area contributed by atoms with Gasteiger partial charge >= 0.3 is 11.9 Å². The van der Waals surface area contributed by atoms with Crippen LogP contribution in [-0.4, -0.2) is 85.5 Å². The van der Waals surface area contributed by atoms with Crippen LogP contribution < -0.4 is 21.3 Å². The normalized spacial score (nSPS) is 16.9. The maximum atomic E-state index is 13.6. The molecule has 14 heteroatoms. The van der Waals surface area contributed by atoms with Crippen molar-refractivity contribution in [2.45, 2.75) is 62.7 Å². The number of hydrogen-bond acceptors (Lipinski definition) is 7. The van der Waals surface area contributed by atoms with Crippen LogP contribution in [0.15, 0.2) is 43.0 Å². The fraction of sp³-hybridized carbons (Fsp3) is 0.407. The van der Waals surface area contributed by atoms with Crippen LogP contribution in [0.3, 0.4) is 0 Å². The van der Waals surface area contributed by atoms with Crippen molar-refractivity contribution in [1.29, 1.82) is 0 Å². The first kappa shape index (κ1) is 29.3. The molecule has 1 saturated heterocycles. The lowest BCUT2D eigenvalue weighted by atomic mass is 10.0. The van der Waals surface area contributed by atoms with Gasteiger partial charge in [-0.2, -0.15) is 0 Å². The predicted octanol–water partition coefficient (Wildman–Crippen LogP) is -0.168. The van der Waals surface area contributed by atoms with Crippen molar-refractivity contribution in [3.05, 3.63) is 54.2 Å². The van der Waals surface area contributed by atoms with Crippen molar-refractivity contribution < 1.29 is 34.2 Å². The summed E-state index contributed by atoms with van der Waals surface area (Å²) in [6, 6.07) is 3.15. The van der Waals surface area contributed by atoms with Crippen LogP contribution in [0.4, 0.5) is 0 Å². The van der Waals surface area contributed by atoms with Gasteiger partial charge < -0.3 is 41.4 Å². The molecule has 8 N–H and O–H groups in total. The number of hydrogen-bond donors (Lipinski definition) is 8. The number of benzene rings is 1. The minimum atomic E-state index is -1.48. The van der Waals surface area contributed by atoms with Gasteiger partial charge in [-0.25, -0.2) is 9.78 Å². The Morgan fingerprint density at radius 1 is 0.951 bits per heavy atom. The number of carboxylic acids is 2. The van der Waals surface area contributed by atoms with Gasteiger partial charge in [-0.3, -0.25) is 19.2 Å². The Morgan fingerprint density at radius 2 is 1.68 bits per heavy atom. The molecule has 2 aromatic heterocycles. The molecule has 0 spiro atoms. The van der Waals surface area contributed by atoms with Crippen molar-refractivity contribution >= 4 is 40.6 Å².